The summed E-state index contributed by atoms with van der Waals surface area (Å²) >= 11 is 5.84. The first-order chi connectivity index (χ1) is 9.17. The number of halogens is 1. The van der Waals surface area contributed by atoms with Crippen molar-refractivity contribution in [2.45, 2.75) is 32.4 Å². The topological polar surface area (TPSA) is 29.5 Å². The molecule has 1 aromatic carbocycles. The first-order valence-corrected chi connectivity index (χ1v) is 7.27. The number of morpholine rings is 1. The van der Waals surface area contributed by atoms with E-state index < -0.39 is 0 Å². The van der Waals surface area contributed by atoms with E-state index in [0.717, 1.165) is 17.5 Å². The van der Waals surface area contributed by atoms with Gasteiger partial charge < -0.3 is 9.64 Å². The first-order valence-electron chi connectivity index (χ1n) is 6.73. The van der Waals surface area contributed by atoms with E-state index in [0.29, 0.717) is 19.0 Å². The quantitative estimate of drug-likeness (QED) is 0.798. The molecular weight excluding hydrogens is 262 g/mol. The Bertz CT molecular complexity index is 450. The highest BCUT2D eigenvalue weighted by atomic mass is 35.5. The lowest BCUT2D eigenvalue weighted by atomic mass is 10.0. The Balaban J connectivity index is 2.22. The Kier molecular flexibility index (Phi) is 4.83. The van der Waals surface area contributed by atoms with Crippen molar-refractivity contribution in [1.82, 2.24) is 4.90 Å². The van der Waals surface area contributed by atoms with Crippen LogP contribution in [0.2, 0.25) is 0 Å². The van der Waals surface area contributed by atoms with Gasteiger partial charge in [0.15, 0.2) is 0 Å². The Morgan fingerprint density at radius 1 is 1.47 bits per heavy atom. The lowest BCUT2D eigenvalue weighted by Gasteiger charge is -2.37. The fourth-order valence-electron chi connectivity index (χ4n) is 2.39. The van der Waals surface area contributed by atoms with Gasteiger partial charge in [0.2, 0.25) is 0 Å². The molecule has 3 nitrogen and oxygen atoms in total. The highest BCUT2D eigenvalue weighted by Crippen LogP contribution is 2.19. The number of hydrogen-bond acceptors (Lipinski definition) is 2. The number of rotatable bonds is 3. The van der Waals surface area contributed by atoms with Gasteiger partial charge in [0.05, 0.1) is 24.6 Å². The van der Waals surface area contributed by atoms with Crippen molar-refractivity contribution < 1.29 is 9.53 Å². The summed E-state index contributed by atoms with van der Waals surface area (Å²) in [6.07, 6.45) is 0.801. The zero-order valence-electron chi connectivity index (χ0n) is 11.4. The highest BCUT2D eigenvalue weighted by Gasteiger charge is 2.30. The Morgan fingerprint density at radius 2 is 2.21 bits per heavy atom. The molecule has 0 spiro atoms. The summed E-state index contributed by atoms with van der Waals surface area (Å²) in [7, 11) is 0. The van der Waals surface area contributed by atoms with Crippen molar-refractivity contribution in [3.8, 4) is 0 Å². The molecule has 104 valence electrons. The van der Waals surface area contributed by atoms with Crippen LogP contribution in [-0.4, -0.2) is 42.0 Å². The number of nitrogens with zero attached hydrogens (tertiary/aromatic N) is 1. The van der Waals surface area contributed by atoms with Gasteiger partial charge in [-0.2, -0.15) is 0 Å². The fraction of sp³-hybridized carbons (Fsp3) is 0.533. The predicted molar refractivity (Wildman–Crippen MR) is 76.8 cm³/mol. The molecule has 4 heteroatoms. The van der Waals surface area contributed by atoms with Gasteiger partial charge in [-0.1, -0.05) is 25.1 Å². The van der Waals surface area contributed by atoms with E-state index in [2.05, 4.69) is 6.92 Å². The van der Waals surface area contributed by atoms with Crippen LogP contribution in [0.15, 0.2) is 24.3 Å². The molecule has 2 unspecified atom stereocenters. The van der Waals surface area contributed by atoms with Crippen LogP contribution in [0.3, 0.4) is 0 Å². The maximum atomic E-state index is 12.7. The molecule has 0 aliphatic carbocycles. The number of carbonyl (C=O) groups excluding carboxylic acids is 1. The van der Waals surface area contributed by atoms with Gasteiger partial charge in [0.1, 0.15) is 0 Å². The second-order valence-electron chi connectivity index (χ2n) is 4.93. The number of aryl methyl sites for hydroxylation is 1. The Labute approximate surface area is 119 Å². The van der Waals surface area contributed by atoms with Gasteiger partial charge >= 0.3 is 0 Å². The SMILES string of the molecule is CCc1ccccc1C(=O)N1CC(CCl)OCC1C. The van der Waals surface area contributed by atoms with Crippen LogP contribution < -0.4 is 0 Å². The fourth-order valence-corrected chi connectivity index (χ4v) is 2.57. The number of ether oxygens (including phenoxy) is 1. The van der Waals surface area contributed by atoms with Crippen LogP contribution in [0.25, 0.3) is 0 Å². The third-order valence-corrected chi connectivity index (χ3v) is 3.91. The highest BCUT2D eigenvalue weighted by molar-refractivity contribution is 6.18. The zero-order valence-corrected chi connectivity index (χ0v) is 12.2. The normalized spacial score (nSPS) is 23.4. The molecule has 1 fully saturated rings. The van der Waals surface area contributed by atoms with E-state index in [1.807, 2.05) is 36.1 Å². The molecule has 1 heterocycles. The van der Waals surface area contributed by atoms with Crippen LogP contribution in [0.1, 0.15) is 29.8 Å². The van der Waals surface area contributed by atoms with Gasteiger partial charge in [-0.25, -0.2) is 0 Å². The molecule has 0 N–H and O–H groups in total. The third kappa shape index (κ3) is 3.10. The van der Waals surface area contributed by atoms with E-state index in [1.165, 1.54) is 0 Å². The van der Waals surface area contributed by atoms with Crippen LogP contribution >= 0.6 is 11.6 Å². The van der Waals surface area contributed by atoms with Gasteiger partial charge in [-0.3, -0.25) is 4.79 Å². The number of carbonyl (C=O) groups is 1. The van der Waals surface area contributed by atoms with Crippen molar-refractivity contribution >= 4 is 17.5 Å². The summed E-state index contributed by atoms with van der Waals surface area (Å²) < 4.78 is 5.59. The summed E-state index contributed by atoms with van der Waals surface area (Å²) in [5.41, 5.74) is 1.89. The molecule has 2 rings (SSSR count). The molecule has 0 bridgehead atoms. The lowest BCUT2D eigenvalue weighted by molar-refractivity contribution is -0.0372. The monoisotopic (exact) mass is 281 g/mol. The number of amides is 1. The van der Waals surface area contributed by atoms with Crippen molar-refractivity contribution in [1.29, 1.82) is 0 Å². The Hall–Kier alpha value is -1.06. The molecule has 1 amide bonds. The predicted octanol–water partition coefficient (Wildman–Crippen LogP) is 2.72. The van der Waals surface area contributed by atoms with E-state index >= 15 is 0 Å². The van der Waals surface area contributed by atoms with E-state index in [-0.39, 0.29) is 18.1 Å². The number of alkyl halides is 1. The van der Waals surface area contributed by atoms with Crippen LogP contribution in [-0.2, 0) is 11.2 Å². The van der Waals surface area contributed by atoms with Gasteiger partial charge in [0, 0.05) is 12.1 Å². The summed E-state index contributed by atoms with van der Waals surface area (Å²) in [6, 6.07) is 7.89. The molecule has 0 radical (unpaired) electrons. The lowest BCUT2D eigenvalue weighted by Crippen LogP contribution is -2.51. The molecule has 19 heavy (non-hydrogen) atoms. The molecule has 1 aliphatic rings. The molecule has 0 aromatic heterocycles. The second-order valence-corrected chi connectivity index (χ2v) is 5.24. The van der Waals surface area contributed by atoms with Crippen molar-refractivity contribution in [3.05, 3.63) is 35.4 Å². The molecule has 1 saturated heterocycles. The Morgan fingerprint density at radius 3 is 2.89 bits per heavy atom. The summed E-state index contributed by atoms with van der Waals surface area (Å²) in [6.45, 7) is 5.20. The zero-order chi connectivity index (χ0) is 13.8. The minimum atomic E-state index is -0.0596. The molecule has 2 atom stereocenters. The van der Waals surface area contributed by atoms with E-state index in [9.17, 15) is 4.79 Å². The number of hydrogen-bond donors (Lipinski definition) is 0. The third-order valence-electron chi connectivity index (χ3n) is 3.57. The summed E-state index contributed by atoms with van der Waals surface area (Å²) in [5.74, 6) is 0.509. The van der Waals surface area contributed by atoms with Crippen molar-refractivity contribution in [2.24, 2.45) is 0 Å². The number of benzene rings is 1. The van der Waals surface area contributed by atoms with Crippen LogP contribution in [0.4, 0.5) is 0 Å². The smallest absolute Gasteiger partial charge is 0.254 e. The standard InChI is InChI=1S/C15H20ClNO2/c1-3-12-6-4-5-7-14(12)15(18)17-9-13(8-16)19-10-11(17)2/h4-7,11,13H,3,8-10H2,1-2H3. The van der Waals surface area contributed by atoms with E-state index in [1.54, 1.807) is 0 Å². The van der Waals surface area contributed by atoms with E-state index in [4.69, 9.17) is 16.3 Å². The summed E-state index contributed by atoms with van der Waals surface area (Å²) in [5, 5.41) is 0. The largest absolute Gasteiger partial charge is 0.373 e. The maximum absolute atomic E-state index is 12.7. The molecule has 0 saturated carbocycles. The van der Waals surface area contributed by atoms with Gasteiger partial charge in [-0.15, -0.1) is 11.6 Å². The maximum Gasteiger partial charge on any atom is 0.254 e. The average molecular weight is 282 g/mol. The first kappa shape index (κ1) is 14.4. The van der Waals surface area contributed by atoms with Gasteiger partial charge in [0.25, 0.3) is 5.91 Å². The average Bonchev–Trinajstić information content (AvgIpc) is 2.47. The molecule has 1 aliphatic heterocycles. The minimum absolute atomic E-state index is 0.0596. The summed E-state index contributed by atoms with van der Waals surface area (Å²) in [4.78, 5) is 14.6. The van der Waals surface area contributed by atoms with Crippen molar-refractivity contribution in [2.75, 3.05) is 19.0 Å². The minimum Gasteiger partial charge on any atom is -0.373 e. The van der Waals surface area contributed by atoms with Crippen LogP contribution in [0.5, 0.6) is 0 Å². The second kappa shape index (κ2) is 6.40. The molecular formula is C15H20ClNO2. The van der Waals surface area contributed by atoms with Crippen LogP contribution in [0, 0.1) is 0 Å². The molecule has 1 aromatic rings. The van der Waals surface area contributed by atoms with Crippen molar-refractivity contribution in [3.63, 3.8) is 0 Å². The van der Waals surface area contributed by atoms with Gasteiger partial charge in [-0.05, 0) is 25.0 Å².